The zero-order chi connectivity index (χ0) is 14.5. The van der Waals surface area contributed by atoms with E-state index in [-0.39, 0.29) is 11.5 Å². The van der Waals surface area contributed by atoms with Gasteiger partial charge >= 0.3 is 0 Å². The summed E-state index contributed by atoms with van der Waals surface area (Å²) >= 11 is 0. The van der Waals surface area contributed by atoms with E-state index < -0.39 is 4.92 Å². The number of carbonyl (C=O) groups is 1. The van der Waals surface area contributed by atoms with Crippen LogP contribution in [0.25, 0.3) is 6.08 Å². The summed E-state index contributed by atoms with van der Waals surface area (Å²) in [6.45, 7) is 1.97. The minimum absolute atomic E-state index is 0.0835. The first-order valence-electron chi connectivity index (χ1n) is 6.10. The summed E-state index contributed by atoms with van der Waals surface area (Å²) in [5.74, 6) is -0.254. The summed E-state index contributed by atoms with van der Waals surface area (Å²) in [5, 5.41) is 10.7. The fourth-order valence-electron chi connectivity index (χ4n) is 1.81. The average molecular weight is 267 g/mol. The van der Waals surface area contributed by atoms with Gasteiger partial charge in [-0.15, -0.1) is 0 Å². The predicted molar refractivity (Wildman–Crippen MR) is 77.6 cm³/mol. The third-order valence-electron chi connectivity index (χ3n) is 2.81. The zero-order valence-corrected chi connectivity index (χ0v) is 10.9. The Morgan fingerprint density at radius 3 is 2.60 bits per heavy atom. The number of ketones is 1. The second-order valence-electron chi connectivity index (χ2n) is 4.42. The molecule has 0 spiro atoms. The van der Waals surface area contributed by atoms with Gasteiger partial charge in [0.05, 0.1) is 4.92 Å². The van der Waals surface area contributed by atoms with Crippen molar-refractivity contribution < 1.29 is 9.72 Å². The van der Waals surface area contributed by atoms with Gasteiger partial charge in [0.15, 0.2) is 5.78 Å². The van der Waals surface area contributed by atoms with Crippen molar-refractivity contribution in [1.29, 1.82) is 0 Å². The lowest BCUT2D eigenvalue weighted by Gasteiger charge is -1.97. The normalized spacial score (nSPS) is 10.7. The maximum Gasteiger partial charge on any atom is 0.270 e. The molecule has 2 rings (SSSR count). The summed E-state index contributed by atoms with van der Waals surface area (Å²) in [5.41, 5.74) is 2.25. The van der Waals surface area contributed by atoms with Crippen LogP contribution in [-0.2, 0) is 0 Å². The monoisotopic (exact) mass is 267 g/mol. The summed E-state index contributed by atoms with van der Waals surface area (Å²) in [6, 6.07) is 13.4. The molecule has 4 heteroatoms. The quantitative estimate of drug-likeness (QED) is 0.366. The highest BCUT2D eigenvalue weighted by Gasteiger charge is 2.09. The van der Waals surface area contributed by atoms with Crippen LogP contribution >= 0.6 is 0 Å². The highest BCUT2D eigenvalue weighted by molar-refractivity contribution is 6.07. The Balaban J connectivity index is 2.20. The summed E-state index contributed by atoms with van der Waals surface area (Å²) in [6.07, 6.45) is 3.13. The van der Waals surface area contributed by atoms with Crippen LogP contribution in [-0.4, -0.2) is 10.7 Å². The van der Waals surface area contributed by atoms with Crippen molar-refractivity contribution in [2.45, 2.75) is 6.92 Å². The van der Waals surface area contributed by atoms with Gasteiger partial charge in [-0.05, 0) is 18.6 Å². The minimum atomic E-state index is -0.513. The van der Waals surface area contributed by atoms with E-state index in [1.807, 2.05) is 31.2 Å². The Hall–Kier alpha value is -2.75. The van der Waals surface area contributed by atoms with Crippen molar-refractivity contribution >= 4 is 17.5 Å². The highest BCUT2D eigenvalue weighted by Crippen LogP contribution is 2.14. The standard InChI is InChI=1S/C16H13NO3/c1-12-4-2-5-13(10-12)8-9-16(18)14-6-3-7-15(11-14)17(19)20/h2-11H,1H3/b9-8+. The van der Waals surface area contributed by atoms with Gasteiger partial charge in [0.25, 0.3) is 5.69 Å². The molecule has 20 heavy (non-hydrogen) atoms. The second-order valence-corrected chi connectivity index (χ2v) is 4.42. The lowest BCUT2D eigenvalue weighted by molar-refractivity contribution is -0.384. The van der Waals surface area contributed by atoms with E-state index in [0.29, 0.717) is 5.56 Å². The number of benzene rings is 2. The number of non-ortho nitro benzene ring substituents is 1. The molecule has 0 aliphatic heterocycles. The number of carbonyl (C=O) groups excluding carboxylic acids is 1. The molecule has 2 aromatic carbocycles. The third-order valence-corrected chi connectivity index (χ3v) is 2.81. The van der Waals surface area contributed by atoms with Gasteiger partial charge in [-0.1, -0.05) is 48.0 Å². The van der Waals surface area contributed by atoms with Gasteiger partial charge in [0, 0.05) is 17.7 Å². The van der Waals surface area contributed by atoms with Crippen LogP contribution in [0.5, 0.6) is 0 Å². The molecule has 0 saturated carbocycles. The van der Waals surface area contributed by atoms with E-state index >= 15 is 0 Å². The van der Waals surface area contributed by atoms with E-state index in [2.05, 4.69) is 0 Å². The van der Waals surface area contributed by atoms with E-state index in [4.69, 9.17) is 0 Å². The molecule has 0 aliphatic rings. The van der Waals surface area contributed by atoms with Gasteiger partial charge in [-0.2, -0.15) is 0 Å². The van der Waals surface area contributed by atoms with Gasteiger partial charge < -0.3 is 0 Å². The Morgan fingerprint density at radius 1 is 1.15 bits per heavy atom. The molecular formula is C16H13NO3. The Bertz CT molecular complexity index is 690. The average Bonchev–Trinajstić information content (AvgIpc) is 2.45. The Kier molecular flexibility index (Phi) is 4.05. The maximum absolute atomic E-state index is 12.0. The fraction of sp³-hybridized carbons (Fsp3) is 0.0625. The topological polar surface area (TPSA) is 60.2 Å². The largest absolute Gasteiger partial charge is 0.289 e. The van der Waals surface area contributed by atoms with Gasteiger partial charge in [0.1, 0.15) is 0 Å². The molecule has 0 bridgehead atoms. The molecule has 0 amide bonds. The smallest absolute Gasteiger partial charge is 0.270 e. The van der Waals surface area contributed by atoms with Crippen molar-refractivity contribution in [2.24, 2.45) is 0 Å². The Morgan fingerprint density at radius 2 is 1.90 bits per heavy atom. The molecule has 2 aromatic rings. The molecule has 0 aromatic heterocycles. The van der Waals surface area contributed by atoms with Crippen LogP contribution in [0, 0.1) is 17.0 Å². The third kappa shape index (κ3) is 3.38. The van der Waals surface area contributed by atoms with Gasteiger partial charge in [-0.3, -0.25) is 14.9 Å². The van der Waals surface area contributed by atoms with E-state index in [0.717, 1.165) is 11.1 Å². The first-order chi connectivity index (χ1) is 9.56. The first kappa shape index (κ1) is 13.7. The molecule has 0 saturated heterocycles. The van der Waals surface area contributed by atoms with E-state index in [9.17, 15) is 14.9 Å². The minimum Gasteiger partial charge on any atom is -0.289 e. The molecule has 0 N–H and O–H groups in total. The molecule has 0 fully saturated rings. The van der Waals surface area contributed by atoms with Gasteiger partial charge in [-0.25, -0.2) is 0 Å². The van der Waals surface area contributed by atoms with Crippen LogP contribution in [0.1, 0.15) is 21.5 Å². The number of aryl methyl sites for hydroxylation is 1. The summed E-state index contributed by atoms with van der Waals surface area (Å²) in [4.78, 5) is 22.1. The lowest BCUT2D eigenvalue weighted by Crippen LogP contribution is -1.96. The second kappa shape index (κ2) is 5.93. The molecule has 0 aliphatic carbocycles. The van der Waals surface area contributed by atoms with Gasteiger partial charge in [0.2, 0.25) is 0 Å². The first-order valence-corrected chi connectivity index (χ1v) is 6.10. The molecule has 0 heterocycles. The predicted octanol–water partition coefficient (Wildman–Crippen LogP) is 3.80. The van der Waals surface area contributed by atoms with Crippen molar-refractivity contribution in [3.63, 3.8) is 0 Å². The van der Waals surface area contributed by atoms with Crippen molar-refractivity contribution in [3.05, 3.63) is 81.4 Å². The molecule has 0 radical (unpaired) electrons. The number of nitrogens with zero attached hydrogens (tertiary/aromatic N) is 1. The number of rotatable bonds is 4. The van der Waals surface area contributed by atoms with Crippen LogP contribution < -0.4 is 0 Å². The molecular weight excluding hydrogens is 254 g/mol. The van der Waals surface area contributed by atoms with Crippen molar-refractivity contribution in [1.82, 2.24) is 0 Å². The number of nitro groups is 1. The Labute approximate surface area is 116 Å². The number of hydrogen-bond donors (Lipinski definition) is 0. The van der Waals surface area contributed by atoms with Crippen LogP contribution in [0.4, 0.5) is 5.69 Å². The lowest BCUT2D eigenvalue weighted by atomic mass is 10.1. The molecule has 4 nitrogen and oxygen atoms in total. The molecule has 0 unspecified atom stereocenters. The van der Waals surface area contributed by atoms with Crippen LogP contribution in [0.2, 0.25) is 0 Å². The van der Waals surface area contributed by atoms with Crippen LogP contribution in [0.15, 0.2) is 54.6 Å². The number of allylic oxidation sites excluding steroid dienone is 1. The summed E-state index contributed by atoms with van der Waals surface area (Å²) < 4.78 is 0. The SMILES string of the molecule is Cc1cccc(/C=C/C(=O)c2cccc([N+](=O)[O-])c2)c1. The molecule has 0 atom stereocenters. The zero-order valence-electron chi connectivity index (χ0n) is 10.9. The summed E-state index contributed by atoms with van der Waals surface area (Å²) in [7, 11) is 0. The highest BCUT2D eigenvalue weighted by atomic mass is 16.6. The number of nitro benzene ring substituents is 1. The van der Waals surface area contributed by atoms with E-state index in [1.54, 1.807) is 12.1 Å². The molecule has 100 valence electrons. The van der Waals surface area contributed by atoms with Crippen LogP contribution in [0.3, 0.4) is 0 Å². The maximum atomic E-state index is 12.0. The fourth-order valence-corrected chi connectivity index (χ4v) is 1.81. The van der Waals surface area contributed by atoms with E-state index in [1.165, 1.54) is 24.3 Å². The number of hydrogen-bond acceptors (Lipinski definition) is 3. The van der Waals surface area contributed by atoms with Crippen molar-refractivity contribution in [3.8, 4) is 0 Å². The van der Waals surface area contributed by atoms with Crippen molar-refractivity contribution in [2.75, 3.05) is 0 Å².